The van der Waals surface area contributed by atoms with Crippen LogP contribution in [0.3, 0.4) is 0 Å². The van der Waals surface area contributed by atoms with Gasteiger partial charge in [-0.1, -0.05) is 64.6 Å². The smallest absolute Gasteiger partial charge is 0.338 e. The summed E-state index contributed by atoms with van der Waals surface area (Å²) in [5, 5.41) is 13.3. The van der Waals surface area contributed by atoms with Crippen molar-refractivity contribution in [3.05, 3.63) is 85.8 Å². The highest BCUT2D eigenvalue weighted by Gasteiger charge is 2.29. The molecule has 3 aromatic rings. The van der Waals surface area contributed by atoms with E-state index in [2.05, 4.69) is 10.6 Å². The molecule has 0 saturated carbocycles. The van der Waals surface area contributed by atoms with E-state index in [0.29, 0.717) is 11.4 Å². The summed E-state index contributed by atoms with van der Waals surface area (Å²) in [7, 11) is 0. The summed E-state index contributed by atoms with van der Waals surface area (Å²) >= 11 is 25.4. The van der Waals surface area contributed by atoms with Gasteiger partial charge in [-0.05, 0) is 43.3 Å². The first-order valence-corrected chi connectivity index (χ1v) is 12.0. The Balaban J connectivity index is 1.72. The van der Waals surface area contributed by atoms with Gasteiger partial charge in [0.1, 0.15) is 0 Å². The van der Waals surface area contributed by atoms with Crippen molar-refractivity contribution in [2.24, 2.45) is 0 Å². The second-order valence-electron chi connectivity index (χ2n) is 6.90. The van der Waals surface area contributed by atoms with Gasteiger partial charge in [0.25, 0.3) is 5.91 Å². The van der Waals surface area contributed by atoms with Crippen LogP contribution in [0.4, 0.5) is 11.4 Å². The summed E-state index contributed by atoms with van der Waals surface area (Å²) < 4.78 is 0. The van der Waals surface area contributed by atoms with Gasteiger partial charge < -0.3 is 15.7 Å². The lowest BCUT2D eigenvalue weighted by atomic mass is 10.1. The minimum Gasteiger partial charge on any atom is -0.478 e. The predicted molar refractivity (Wildman–Crippen MR) is 138 cm³/mol. The number of nitrogens with one attached hydrogen (secondary N) is 2. The third kappa shape index (κ3) is 5.98. The Hall–Kier alpha value is -2.42. The molecule has 1 atom stereocenters. The fourth-order valence-corrected chi connectivity index (χ4v) is 4.77. The predicted octanol–water partition coefficient (Wildman–Crippen LogP) is 7.37. The molecule has 0 fully saturated rings. The Kier molecular flexibility index (Phi) is 8.73. The molecule has 0 radical (unpaired) electrons. The first-order valence-electron chi connectivity index (χ1n) is 9.63. The fraction of sp³-hybridized carbons (Fsp3) is 0.0870. The number of benzene rings is 3. The zero-order valence-electron chi connectivity index (χ0n) is 17.4. The summed E-state index contributed by atoms with van der Waals surface area (Å²) in [6, 6.07) is 15.8. The summed E-state index contributed by atoms with van der Waals surface area (Å²) in [6.07, 6.45) is 0. The van der Waals surface area contributed by atoms with E-state index in [1.807, 2.05) is 18.2 Å². The van der Waals surface area contributed by atoms with Gasteiger partial charge in [0.15, 0.2) is 0 Å². The molecule has 3 rings (SSSR count). The third-order valence-corrected chi connectivity index (χ3v) is 7.46. The molecule has 0 aliphatic rings. The van der Waals surface area contributed by atoms with E-state index >= 15 is 0 Å². The van der Waals surface area contributed by atoms with Crippen LogP contribution in [-0.2, 0) is 4.79 Å². The Morgan fingerprint density at radius 1 is 0.765 bits per heavy atom. The number of halogens is 4. The number of carboxylic acid groups (broad SMARTS) is 1. The first kappa shape index (κ1) is 26.2. The van der Waals surface area contributed by atoms with E-state index in [1.54, 1.807) is 43.3 Å². The average molecular weight is 558 g/mol. The molecule has 0 spiro atoms. The maximum absolute atomic E-state index is 12.8. The normalized spacial score (nSPS) is 11.6. The van der Waals surface area contributed by atoms with Crippen molar-refractivity contribution in [2.45, 2.75) is 17.1 Å². The van der Waals surface area contributed by atoms with Crippen molar-refractivity contribution in [1.82, 2.24) is 0 Å². The summed E-state index contributed by atoms with van der Waals surface area (Å²) in [4.78, 5) is 37.7. The highest BCUT2D eigenvalue weighted by molar-refractivity contribution is 8.00. The van der Waals surface area contributed by atoms with E-state index in [0.717, 1.165) is 4.90 Å². The van der Waals surface area contributed by atoms with Crippen LogP contribution in [0.1, 0.15) is 27.6 Å². The van der Waals surface area contributed by atoms with E-state index < -0.39 is 23.0 Å². The summed E-state index contributed by atoms with van der Waals surface area (Å²) in [6.45, 7) is 1.78. The van der Waals surface area contributed by atoms with Crippen molar-refractivity contribution in [2.75, 3.05) is 10.6 Å². The molecule has 1 unspecified atom stereocenters. The minimum atomic E-state index is -1.48. The van der Waals surface area contributed by atoms with Crippen LogP contribution in [-0.4, -0.2) is 28.1 Å². The van der Waals surface area contributed by atoms with Gasteiger partial charge >= 0.3 is 5.97 Å². The molecule has 0 aliphatic heterocycles. The molecule has 3 aromatic carbocycles. The number of amides is 2. The lowest BCUT2D eigenvalue weighted by molar-refractivity contribution is -0.115. The largest absolute Gasteiger partial charge is 0.478 e. The lowest BCUT2D eigenvalue weighted by Crippen LogP contribution is -2.22. The molecule has 3 N–H and O–H groups in total. The second kappa shape index (κ2) is 11.3. The van der Waals surface area contributed by atoms with Crippen LogP contribution in [0.5, 0.6) is 0 Å². The van der Waals surface area contributed by atoms with Crippen LogP contribution in [0, 0.1) is 0 Å². The number of hydrogen-bond donors (Lipinski definition) is 3. The molecular formula is C23H16Cl4N2O4S. The van der Waals surface area contributed by atoms with Gasteiger partial charge in [0, 0.05) is 16.3 Å². The molecule has 176 valence electrons. The first-order chi connectivity index (χ1) is 16.1. The number of rotatable bonds is 7. The topological polar surface area (TPSA) is 95.5 Å². The highest BCUT2D eigenvalue weighted by atomic mass is 35.5. The molecular weight excluding hydrogens is 542 g/mol. The maximum atomic E-state index is 12.8. The van der Waals surface area contributed by atoms with E-state index in [4.69, 9.17) is 46.4 Å². The van der Waals surface area contributed by atoms with Crippen molar-refractivity contribution in [1.29, 1.82) is 0 Å². The average Bonchev–Trinajstić information content (AvgIpc) is 2.81. The van der Waals surface area contributed by atoms with Crippen LogP contribution >= 0.6 is 58.2 Å². The van der Waals surface area contributed by atoms with Crippen LogP contribution in [0.2, 0.25) is 20.1 Å². The molecule has 11 heteroatoms. The summed E-state index contributed by atoms with van der Waals surface area (Å²) in [5.74, 6) is -2.45. The maximum Gasteiger partial charge on any atom is 0.338 e. The molecule has 0 bridgehead atoms. The standard InChI is InChI=1S/C23H16Cl4N2O4S/c1-11(21(30)28-12-5-3-2-4-6-12)34-14-9-7-13(8-10-14)29-22(31)15-16(23(32)33)18(25)20(27)19(26)17(15)24/h2-11H,1H3,(H,28,30)(H,29,31)(H,32,33). The highest BCUT2D eigenvalue weighted by Crippen LogP contribution is 2.41. The molecule has 0 aliphatic carbocycles. The Morgan fingerprint density at radius 2 is 1.29 bits per heavy atom. The molecule has 0 heterocycles. The zero-order valence-corrected chi connectivity index (χ0v) is 21.2. The molecule has 0 saturated heterocycles. The second-order valence-corrected chi connectivity index (χ2v) is 9.83. The quantitative estimate of drug-likeness (QED) is 0.160. The Labute approximate surface area is 219 Å². The van der Waals surface area contributed by atoms with Crippen LogP contribution in [0.15, 0.2) is 59.5 Å². The van der Waals surface area contributed by atoms with Crippen LogP contribution in [0.25, 0.3) is 0 Å². The number of para-hydroxylation sites is 1. The minimum absolute atomic E-state index is 0.152. The van der Waals surface area contributed by atoms with E-state index in [-0.39, 0.29) is 31.2 Å². The van der Waals surface area contributed by atoms with Gasteiger partial charge in [-0.2, -0.15) is 0 Å². The number of aromatic carboxylic acids is 1. The monoisotopic (exact) mass is 556 g/mol. The fourth-order valence-electron chi connectivity index (χ4n) is 2.88. The van der Waals surface area contributed by atoms with Gasteiger partial charge in [0.2, 0.25) is 5.91 Å². The van der Waals surface area contributed by atoms with Crippen LogP contribution < -0.4 is 10.6 Å². The van der Waals surface area contributed by atoms with Crippen molar-refractivity contribution >= 4 is 87.3 Å². The SMILES string of the molecule is CC(Sc1ccc(NC(=O)c2c(Cl)c(Cl)c(Cl)c(Cl)c2C(=O)O)cc1)C(=O)Nc1ccccc1. The number of carboxylic acids is 1. The van der Waals surface area contributed by atoms with Gasteiger partial charge in [-0.25, -0.2) is 4.79 Å². The Morgan fingerprint density at radius 3 is 1.85 bits per heavy atom. The zero-order chi connectivity index (χ0) is 25.0. The van der Waals surface area contributed by atoms with Gasteiger partial charge in [-0.3, -0.25) is 9.59 Å². The molecule has 34 heavy (non-hydrogen) atoms. The van der Waals surface area contributed by atoms with E-state index in [1.165, 1.54) is 11.8 Å². The van der Waals surface area contributed by atoms with Gasteiger partial charge in [-0.15, -0.1) is 11.8 Å². The number of anilines is 2. The summed E-state index contributed by atoms with van der Waals surface area (Å²) in [5.41, 5.74) is 0.118. The number of thioether (sulfide) groups is 1. The number of hydrogen-bond acceptors (Lipinski definition) is 4. The number of carbonyl (C=O) groups excluding carboxylic acids is 2. The van der Waals surface area contributed by atoms with E-state index in [9.17, 15) is 19.5 Å². The van der Waals surface area contributed by atoms with Crippen molar-refractivity contribution in [3.63, 3.8) is 0 Å². The number of carbonyl (C=O) groups is 3. The van der Waals surface area contributed by atoms with Crippen molar-refractivity contribution in [3.8, 4) is 0 Å². The molecule has 0 aromatic heterocycles. The lowest BCUT2D eigenvalue weighted by Gasteiger charge is -2.14. The van der Waals surface area contributed by atoms with Gasteiger partial charge in [0.05, 0.1) is 36.5 Å². The van der Waals surface area contributed by atoms with Crippen molar-refractivity contribution < 1.29 is 19.5 Å². The molecule has 2 amide bonds. The molecule has 6 nitrogen and oxygen atoms in total. The third-order valence-electron chi connectivity index (χ3n) is 4.54. The Bertz CT molecular complexity index is 1250.